The lowest BCUT2D eigenvalue weighted by molar-refractivity contribution is -0.395. The Labute approximate surface area is 651 Å². The Morgan fingerprint density at radius 3 is 1.49 bits per heavy atom. The van der Waals surface area contributed by atoms with Crippen molar-refractivity contribution in [3.63, 3.8) is 0 Å². The average molecular weight is 1540 g/mol. The second-order valence-electron chi connectivity index (χ2n) is 31.2. The van der Waals surface area contributed by atoms with E-state index in [0.717, 1.165) is 33.4 Å². The van der Waals surface area contributed by atoms with Crippen molar-refractivity contribution in [3.05, 3.63) is 215 Å². The summed E-state index contributed by atoms with van der Waals surface area (Å²) in [5, 5.41) is 8.78. The molecule has 28 atom stereocenters. The van der Waals surface area contributed by atoms with E-state index in [1.807, 2.05) is 237 Å². The second-order valence-corrected chi connectivity index (χ2v) is 31.2. The lowest BCUT2D eigenvalue weighted by atomic mass is 9.89. The lowest BCUT2D eigenvalue weighted by Gasteiger charge is -2.52. The zero-order valence-corrected chi connectivity index (χ0v) is 65.2. The summed E-state index contributed by atoms with van der Waals surface area (Å²) < 4.78 is 153. The number of hydrogen-bond donors (Lipinski definition) is 1. The topological polar surface area (TPSA) is 244 Å². The molecule has 111 heavy (non-hydrogen) atoms. The van der Waals surface area contributed by atoms with Crippen LogP contribution < -0.4 is 0 Å². The molecule has 0 bridgehead atoms. The van der Waals surface area contributed by atoms with Crippen LogP contribution in [0, 0.1) is 29.1 Å². The van der Waals surface area contributed by atoms with E-state index < -0.39 is 165 Å². The van der Waals surface area contributed by atoms with Crippen LogP contribution in [0.25, 0.3) is 0 Å². The molecule has 8 aliphatic heterocycles. The molecule has 0 saturated carbocycles. The molecule has 8 saturated heterocycles. The molecular weight excluding hydrogens is 1430 g/mol. The highest BCUT2D eigenvalue weighted by Crippen LogP contribution is 2.49. The maximum absolute atomic E-state index is 13.4. The number of benzene rings is 6. The Morgan fingerprint density at radius 2 is 0.892 bits per heavy atom. The number of carbonyl (C=O) groups is 1. The van der Waals surface area contributed by atoms with Crippen LogP contribution in [0.3, 0.4) is 0 Å². The highest BCUT2D eigenvalue weighted by molar-refractivity contribution is 5.69. The predicted octanol–water partition coefficient (Wildman–Crippen LogP) is 12.6. The Bertz CT molecular complexity index is 3860. The van der Waals surface area contributed by atoms with E-state index in [1.54, 1.807) is 6.92 Å². The van der Waals surface area contributed by atoms with Crippen molar-refractivity contribution in [2.24, 2.45) is 23.7 Å². The first-order valence-corrected chi connectivity index (χ1v) is 39.2. The van der Waals surface area contributed by atoms with Crippen LogP contribution in [-0.2, 0) is 142 Å². The summed E-state index contributed by atoms with van der Waals surface area (Å²) in [6.07, 6.45) is -21.2. The first-order chi connectivity index (χ1) is 53.7. The zero-order valence-electron chi connectivity index (χ0n) is 65.2. The van der Waals surface area contributed by atoms with E-state index in [1.165, 1.54) is 13.8 Å². The van der Waals surface area contributed by atoms with E-state index in [-0.39, 0.29) is 76.7 Å². The maximum atomic E-state index is 13.4. The fraction of sp³-hybridized carbons (Fsp3) is 0.563. The highest BCUT2D eigenvalue weighted by Gasteiger charge is 2.63. The minimum Gasteiger partial charge on any atom is -0.457 e. The summed E-state index contributed by atoms with van der Waals surface area (Å²) in [5.41, 5.74) is 4.58. The van der Waals surface area contributed by atoms with Crippen molar-refractivity contribution < 1.29 is 109 Å². The number of fused-ring (bicyclic) bond motifs is 2. The summed E-state index contributed by atoms with van der Waals surface area (Å²) in [7, 11) is 0. The fourth-order valence-corrected chi connectivity index (χ4v) is 16.2. The standard InChI is InChI=1S/C87H109NO23/c1-51-42-95-82(75(94-47-64-38-26-16-27-39-64)67(51)103-85-78-87(50-96-85,49-91-44-61-32-20-13-21-33-61)111-81(108-78)65-40-28-17-29-41-65)105-71-56(6)98-79(107-76-74(72(101-59(9)89)57(7)99-83(76)100-58(8)88)106-84-77-70(52(2)55(5)97-84)109-86(10,11)110-77)54(4)69(71)104-80-53(3)68(92-45-62-34-22-14-23-35-62)73(93-46-63-36-24-15-25-37-63)66(102-80)48-90-43-60-30-18-12-19-31-60/h12-41,51-57,66-85,88H,42-50H2,1-11H3/t51-,52+,53-,54+,55?,56?,57?,66?,67?,68?,69?,70+,71+,72+,73-,74?,75-,76-,77?,78?,79+,80+,81+,82+,83-,84+,85+,87-/m1/s1. The van der Waals surface area contributed by atoms with Gasteiger partial charge in [0.15, 0.2) is 61.6 Å². The molecule has 0 spiro atoms. The van der Waals surface area contributed by atoms with Crippen molar-refractivity contribution in [1.82, 2.24) is 0 Å². The van der Waals surface area contributed by atoms with Gasteiger partial charge in [-0.1, -0.05) is 210 Å². The van der Waals surface area contributed by atoms with Gasteiger partial charge >= 0.3 is 5.97 Å². The lowest BCUT2D eigenvalue weighted by Crippen LogP contribution is -2.66. The molecule has 24 heteroatoms. The van der Waals surface area contributed by atoms with Gasteiger partial charge in [-0.25, -0.2) is 0 Å². The Morgan fingerprint density at radius 1 is 0.414 bits per heavy atom. The summed E-state index contributed by atoms with van der Waals surface area (Å²) >= 11 is 0. The first-order valence-electron chi connectivity index (χ1n) is 39.2. The summed E-state index contributed by atoms with van der Waals surface area (Å²) in [5.74, 6) is -3.55. The molecular formula is C87H109NO23. The number of carbonyl (C=O) groups excluding carboxylic acids is 1. The molecule has 10 unspecified atom stereocenters. The van der Waals surface area contributed by atoms with Gasteiger partial charge in [-0.05, 0) is 62.4 Å². The number of esters is 1. The summed E-state index contributed by atoms with van der Waals surface area (Å²) in [4.78, 5) is 13.4. The first kappa shape index (κ1) is 81.0. The normalized spacial score (nSPS) is 37.2. The van der Waals surface area contributed by atoms with Gasteiger partial charge in [-0.15, -0.1) is 0 Å². The van der Waals surface area contributed by atoms with Crippen molar-refractivity contribution in [1.29, 1.82) is 5.41 Å². The average Bonchev–Trinajstić information content (AvgIpc) is 1.63. The maximum Gasteiger partial charge on any atom is 0.303 e. The molecule has 0 radical (unpaired) electrons. The van der Waals surface area contributed by atoms with Crippen LogP contribution in [-0.4, -0.2) is 185 Å². The van der Waals surface area contributed by atoms with Crippen molar-refractivity contribution in [2.75, 3.05) is 26.4 Å². The molecule has 24 nitrogen and oxygen atoms in total. The Hall–Kier alpha value is -6.54. The summed E-state index contributed by atoms with van der Waals surface area (Å²) in [6, 6.07) is 59.6. The molecule has 8 heterocycles. The van der Waals surface area contributed by atoms with Crippen LogP contribution in [0.15, 0.2) is 182 Å². The molecule has 600 valence electrons. The number of nitrogens with one attached hydrogen (secondary N) is 1. The highest BCUT2D eigenvalue weighted by atomic mass is 16.8. The van der Waals surface area contributed by atoms with E-state index in [4.69, 9.17) is 110 Å². The molecule has 0 aliphatic carbocycles. The molecule has 6 aromatic carbocycles. The van der Waals surface area contributed by atoms with Crippen molar-refractivity contribution in [3.8, 4) is 0 Å². The van der Waals surface area contributed by atoms with Gasteiger partial charge in [0.25, 0.3) is 0 Å². The molecule has 8 aliphatic rings. The van der Waals surface area contributed by atoms with E-state index >= 15 is 0 Å². The van der Waals surface area contributed by atoms with Crippen molar-refractivity contribution in [2.45, 2.75) is 262 Å². The third-order valence-electron chi connectivity index (χ3n) is 22.2. The molecule has 6 aromatic rings. The third kappa shape index (κ3) is 19.5. The predicted molar refractivity (Wildman–Crippen MR) is 401 cm³/mol. The fourth-order valence-electron chi connectivity index (χ4n) is 16.2. The largest absolute Gasteiger partial charge is 0.457 e. The van der Waals surface area contributed by atoms with Gasteiger partial charge in [-0.2, -0.15) is 0 Å². The molecule has 0 amide bonds. The summed E-state index contributed by atoms with van der Waals surface area (Å²) in [6.45, 7) is 21.9. The second kappa shape index (κ2) is 36.9. The molecule has 0 aromatic heterocycles. The van der Waals surface area contributed by atoms with Gasteiger partial charge in [0, 0.05) is 43.1 Å². The Balaban J connectivity index is 0.821. The van der Waals surface area contributed by atoms with Crippen LogP contribution in [0.1, 0.15) is 116 Å². The minimum absolute atomic E-state index is 0.0857. The van der Waals surface area contributed by atoms with Gasteiger partial charge in [0.1, 0.15) is 48.3 Å². The Kier molecular flexibility index (Phi) is 27.0. The minimum atomic E-state index is -1.34. The van der Waals surface area contributed by atoms with E-state index in [2.05, 4.69) is 0 Å². The van der Waals surface area contributed by atoms with E-state index in [0.29, 0.717) is 6.61 Å². The number of hydrogen-bond acceptors (Lipinski definition) is 24. The molecule has 8 fully saturated rings. The monoisotopic (exact) mass is 1540 g/mol. The number of ether oxygens (including phenoxy) is 22. The van der Waals surface area contributed by atoms with Crippen LogP contribution in [0.5, 0.6) is 0 Å². The van der Waals surface area contributed by atoms with Crippen LogP contribution in [0.4, 0.5) is 0 Å². The van der Waals surface area contributed by atoms with Crippen molar-refractivity contribution >= 4 is 11.9 Å². The van der Waals surface area contributed by atoms with Gasteiger partial charge in [0.2, 0.25) is 6.29 Å². The van der Waals surface area contributed by atoms with Crippen LogP contribution in [0.2, 0.25) is 0 Å². The van der Waals surface area contributed by atoms with Gasteiger partial charge in [-0.3, -0.25) is 10.2 Å². The third-order valence-corrected chi connectivity index (χ3v) is 22.2. The van der Waals surface area contributed by atoms with Gasteiger partial charge in [0.05, 0.1) is 102 Å². The van der Waals surface area contributed by atoms with E-state index in [9.17, 15) is 4.79 Å². The smallest absolute Gasteiger partial charge is 0.303 e. The SMILES string of the molecule is CC(=N)O[C@H]1OC(C)[C@H](OC(C)=O)C(O[C@@H]2OC(C)[C@H](C)[C@@H]3OC(C)(C)OC23)[C@H]1O[C@@H]1OC(C)[C@H](O[C@@H]2OC[C@@H](C)C(O[C@@H]3OC[C@@]4(COCc5ccccc5)O[C@@H](c5ccccc5)OC34)[C@H]2OCc2ccccc2)C(O[C@@H]2OC(COCc3ccccc3)[C@@H](OCc3ccccc3)C(OCc3ccccc3)[C@H]2C)[C@@H]1C. The van der Waals surface area contributed by atoms with Crippen LogP contribution >= 0.6 is 0 Å². The molecule has 14 rings (SSSR count). The van der Waals surface area contributed by atoms with Gasteiger partial charge < -0.3 is 104 Å². The zero-order chi connectivity index (χ0) is 77.3. The molecule has 1 N–H and O–H groups in total. The number of rotatable bonds is 30. The quantitative estimate of drug-likeness (QED) is 0.0250.